The lowest BCUT2D eigenvalue weighted by Crippen LogP contribution is -2.58. The number of urea groups is 1. The Bertz CT molecular complexity index is 545. The number of primary amides is 1. The molecule has 0 aliphatic carbocycles. The fourth-order valence-electron chi connectivity index (χ4n) is 2.94. The van der Waals surface area contributed by atoms with Crippen molar-refractivity contribution in [1.29, 1.82) is 0 Å². The molecule has 2 aliphatic heterocycles. The summed E-state index contributed by atoms with van der Waals surface area (Å²) in [4.78, 5) is 24.4. The standard InChI is InChI=1S/C13H16N4O2/c14-12(19)17-6-5-13(7-11(17)18)9-3-1-2-4-10(9)15-8-16-13/h1-4,15-16H,5-8H2,(H2,14,19). The number of nitrogens with one attached hydrogen (secondary N) is 2. The van der Waals surface area contributed by atoms with E-state index in [1.165, 1.54) is 0 Å². The van der Waals surface area contributed by atoms with E-state index < -0.39 is 6.03 Å². The van der Waals surface area contributed by atoms with Gasteiger partial charge in [0.25, 0.3) is 0 Å². The van der Waals surface area contributed by atoms with Crippen LogP contribution in [-0.2, 0) is 10.3 Å². The molecule has 0 aromatic heterocycles. The molecule has 6 heteroatoms. The van der Waals surface area contributed by atoms with E-state index in [4.69, 9.17) is 5.73 Å². The zero-order valence-corrected chi connectivity index (χ0v) is 10.5. The highest BCUT2D eigenvalue weighted by molar-refractivity contribution is 5.95. The average Bonchev–Trinajstić information content (AvgIpc) is 2.39. The number of carbonyl (C=O) groups is 2. The maximum atomic E-state index is 12.1. The van der Waals surface area contributed by atoms with Crippen molar-refractivity contribution in [2.45, 2.75) is 18.4 Å². The number of amides is 3. The molecular formula is C13H16N4O2. The zero-order chi connectivity index (χ0) is 13.5. The molecule has 0 bridgehead atoms. The van der Waals surface area contributed by atoms with E-state index in [1.807, 2.05) is 24.3 Å². The number of nitrogens with zero attached hydrogens (tertiary/aromatic N) is 1. The van der Waals surface area contributed by atoms with E-state index in [0.29, 0.717) is 19.6 Å². The van der Waals surface area contributed by atoms with Gasteiger partial charge in [0.1, 0.15) is 0 Å². The number of likely N-dealkylation sites (tertiary alicyclic amines) is 1. The molecule has 19 heavy (non-hydrogen) atoms. The monoisotopic (exact) mass is 260 g/mol. The predicted molar refractivity (Wildman–Crippen MR) is 70.3 cm³/mol. The third-order valence-electron chi connectivity index (χ3n) is 3.93. The third-order valence-corrected chi connectivity index (χ3v) is 3.93. The molecule has 1 atom stereocenters. The molecule has 1 saturated heterocycles. The van der Waals surface area contributed by atoms with E-state index in [2.05, 4.69) is 10.6 Å². The third kappa shape index (κ3) is 1.84. The fourth-order valence-corrected chi connectivity index (χ4v) is 2.94. The fraction of sp³-hybridized carbons (Fsp3) is 0.385. The van der Waals surface area contributed by atoms with Crippen LogP contribution in [0.2, 0.25) is 0 Å². The van der Waals surface area contributed by atoms with Gasteiger partial charge >= 0.3 is 6.03 Å². The van der Waals surface area contributed by atoms with Crippen LogP contribution in [0.1, 0.15) is 18.4 Å². The molecule has 1 aromatic carbocycles. The number of carbonyl (C=O) groups excluding carboxylic acids is 2. The largest absolute Gasteiger partial charge is 0.372 e. The first-order chi connectivity index (χ1) is 9.12. The summed E-state index contributed by atoms with van der Waals surface area (Å²) in [5.41, 5.74) is 6.94. The maximum Gasteiger partial charge on any atom is 0.321 e. The van der Waals surface area contributed by atoms with E-state index in [9.17, 15) is 9.59 Å². The van der Waals surface area contributed by atoms with E-state index in [0.717, 1.165) is 16.2 Å². The number of para-hydroxylation sites is 1. The van der Waals surface area contributed by atoms with E-state index in [1.54, 1.807) is 0 Å². The average molecular weight is 260 g/mol. The van der Waals surface area contributed by atoms with Gasteiger partial charge in [-0.3, -0.25) is 15.0 Å². The van der Waals surface area contributed by atoms with E-state index in [-0.39, 0.29) is 17.9 Å². The Labute approximate surface area is 110 Å². The van der Waals surface area contributed by atoms with Crippen LogP contribution in [0.4, 0.5) is 10.5 Å². The maximum absolute atomic E-state index is 12.1. The topological polar surface area (TPSA) is 87.5 Å². The summed E-state index contributed by atoms with van der Waals surface area (Å²) in [6.45, 7) is 0.969. The Morgan fingerprint density at radius 1 is 1.37 bits per heavy atom. The summed E-state index contributed by atoms with van der Waals surface area (Å²) in [6, 6.07) is 7.28. The molecule has 3 amide bonds. The smallest absolute Gasteiger partial charge is 0.321 e. The van der Waals surface area contributed by atoms with Gasteiger partial charge in [0.15, 0.2) is 0 Å². The Kier molecular flexibility index (Phi) is 2.67. The van der Waals surface area contributed by atoms with Crippen LogP contribution in [-0.4, -0.2) is 30.1 Å². The SMILES string of the molecule is NC(=O)N1CCC2(CC1=O)NCNc1ccccc12. The summed E-state index contributed by atoms with van der Waals surface area (Å²) in [5.74, 6) is -0.219. The molecule has 1 aromatic rings. The van der Waals surface area contributed by atoms with Crippen molar-refractivity contribution in [2.75, 3.05) is 18.5 Å². The Morgan fingerprint density at radius 2 is 2.16 bits per heavy atom. The van der Waals surface area contributed by atoms with Crippen LogP contribution in [0, 0.1) is 0 Å². The van der Waals surface area contributed by atoms with Crippen molar-refractivity contribution < 1.29 is 9.59 Å². The lowest BCUT2D eigenvalue weighted by atomic mass is 9.79. The van der Waals surface area contributed by atoms with Gasteiger partial charge in [-0.05, 0) is 18.1 Å². The molecule has 1 unspecified atom stereocenters. The molecule has 0 saturated carbocycles. The van der Waals surface area contributed by atoms with Crippen LogP contribution >= 0.6 is 0 Å². The zero-order valence-electron chi connectivity index (χ0n) is 10.5. The highest BCUT2D eigenvalue weighted by atomic mass is 16.2. The number of nitrogens with two attached hydrogens (primary N) is 1. The van der Waals surface area contributed by atoms with Crippen LogP contribution in [0.5, 0.6) is 0 Å². The van der Waals surface area contributed by atoms with Gasteiger partial charge < -0.3 is 11.1 Å². The molecule has 3 rings (SSSR count). The molecule has 2 heterocycles. The molecule has 4 N–H and O–H groups in total. The Morgan fingerprint density at radius 3 is 2.89 bits per heavy atom. The van der Waals surface area contributed by atoms with Crippen LogP contribution < -0.4 is 16.4 Å². The number of rotatable bonds is 0. The molecule has 1 spiro atoms. The minimum absolute atomic E-state index is 0.219. The number of fused-ring (bicyclic) bond motifs is 2. The van der Waals surface area contributed by atoms with E-state index >= 15 is 0 Å². The first-order valence-electron chi connectivity index (χ1n) is 6.31. The predicted octanol–water partition coefficient (Wildman–Crippen LogP) is 0.556. The first kappa shape index (κ1) is 12.0. The van der Waals surface area contributed by atoms with Crippen molar-refractivity contribution in [3.05, 3.63) is 29.8 Å². The minimum atomic E-state index is -0.665. The number of benzene rings is 1. The van der Waals surface area contributed by atoms with Gasteiger partial charge in [-0.15, -0.1) is 0 Å². The molecular weight excluding hydrogens is 244 g/mol. The highest BCUT2D eigenvalue weighted by Gasteiger charge is 2.43. The summed E-state index contributed by atoms with van der Waals surface area (Å²) in [6.07, 6.45) is 0.939. The second-order valence-electron chi connectivity index (χ2n) is 4.97. The minimum Gasteiger partial charge on any atom is -0.372 e. The number of hydrogen-bond acceptors (Lipinski definition) is 4. The normalized spacial score (nSPS) is 25.9. The van der Waals surface area contributed by atoms with Gasteiger partial charge in [0, 0.05) is 18.7 Å². The van der Waals surface area contributed by atoms with Crippen molar-refractivity contribution in [3.63, 3.8) is 0 Å². The summed E-state index contributed by atoms with van der Waals surface area (Å²) >= 11 is 0. The number of imide groups is 1. The highest BCUT2D eigenvalue weighted by Crippen LogP contribution is 2.39. The molecule has 100 valence electrons. The first-order valence-corrected chi connectivity index (χ1v) is 6.31. The van der Waals surface area contributed by atoms with Gasteiger partial charge in [-0.25, -0.2) is 4.79 Å². The quantitative estimate of drug-likeness (QED) is 0.636. The van der Waals surface area contributed by atoms with Crippen molar-refractivity contribution in [3.8, 4) is 0 Å². The lowest BCUT2D eigenvalue weighted by Gasteiger charge is -2.44. The summed E-state index contributed by atoms with van der Waals surface area (Å²) < 4.78 is 0. The Hall–Kier alpha value is -2.08. The van der Waals surface area contributed by atoms with Crippen LogP contribution in [0.3, 0.4) is 0 Å². The summed E-state index contributed by atoms with van der Waals surface area (Å²) in [5, 5.41) is 6.63. The molecule has 2 aliphatic rings. The second kappa shape index (κ2) is 4.24. The van der Waals surface area contributed by atoms with Gasteiger partial charge in [0.05, 0.1) is 12.2 Å². The van der Waals surface area contributed by atoms with Crippen LogP contribution in [0.15, 0.2) is 24.3 Å². The van der Waals surface area contributed by atoms with Crippen molar-refractivity contribution in [2.24, 2.45) is 5.73 Å². The number of hydrogen-bond donors (Lipinski definition) is 3. The van der Waals surface area contributed by atoms with Crippen LogP contribution in [0.25, 0.3) is 0 Å². The lowest BCUT2D eigenvalue weighted by molar-refractivity contribution is -0.132. The molecule has 6 nitrogen and oxygen atoms in total. The number of anilines is 1. The molecule has 0 radical (unpaired) electrons. The summed E-state index contributed by atoms with van der Waals surface area (Å²) in [7, 11) is 0. The second-order valence-corrected chi connectivity index (χ2v) is 4.97. The van der Waals surface area contributed by atoms with Crippen molar-refractivity contribution in [1.82, 2.24) is 10.2 Å². The van der Waals surface area contributed by atoms with Gasteiger partial charge in [-0.1, -0.05) is 18.2 Å². The molecule has 1 fully saturated rings. The van der Waals surface area contributed by atoms with Gasteiger partial charge in [-0.2, -0.15) is 0 Å². The Balaban J connectivity index is 1.95. The number of piperidine rings is 1. The van der Waals surface area contributed by atoms with Crippen molar-refractivity contribution >= 4 is 17.6 Å². The van der Waals surface area contributed by atoms with Gasteiger partial charge in [0.2, 0.25) is 5.91 Å².